The summed E-state index contributed by atoms with van der Waals surface area (Å²) in [6, 6.07) is 8.27. The van der Waals surface area contributed by atoms with Crippen molar-refractivity contribution in [3.63, 3.8) is 0 Å². The van der Waals surface area contributed by atoms with Crippen LogP contribution in [0.4, 0.5) is 0 Å². The summed E-state index contributed by atoms with van der Waals surface area (Å²) in [7, 11) is 0. The second-order valence-corrected chi connectivity index (χ2v) is 6.65. The van der Waals surface area contributed by atoms with Crippen LogP contribution in [0, 0.1) is 0 Å². The summed E-state index contributed by atoms with van der Waals surface area (Å²) in [4.78, 5) is 14.3. The molecule has 0 bridgehead atoms. The van der Waals surface area contributed by atoms with E-state index in [9.17, 15) is 0 Å². The van der Waals surface area contributed by atoms with E-state index in [-0.39, 0.29) is 12.1 Å². The lowest BCUT2D eigenvalue weighted by Gasteiger charge is -2.22. The van der Waals surface area contributed by atoms with Gasteiger partial charge in [0.25, 0.3) is 0 Å². The number of pyridine rings is 2. The SMILES string of the molecule is CC1=CC=CC(C2=N/C(C)c3cccnc3-c3ncccc3C/C=C\2)N1. The van der Waals surface area contributed by atoms with Crippen molar-refractivity contribution in [2.75, 3.05) is 0 Å². The van der Waals surface area contributed by atoms with Gasteiger partial charge in [-0.25, -0.2) is 0 Å². The number of fused-ring (bicyclic) bond motifs is 3. The Kier molecular flexibility index (Phi) is 4.48. The first kappa shape index (κ1) is 16.5. The molecule has 4 rings (SSSR count). The van der Waals surface area contributed by atoms with Crippen molar-refractivity contribution in [2.45, 2.75) is 32.4 Å². The fraction of sp³-hybridized carbons (Fsp3) is 0.227. The van der Waals surface area contributed by atoms with Crippen molar-refractivity contribution in [3.05, 3.63) is 83.9 Å². The molecule has 26 heavy (non-hydrogen) atoms. The van der Waals surface area contributed by atoms with Gasteiger partial charge in [0.05, 0.1) is 29.2 Å². The highest BCUT2D eigenvalue weighted by Crippen LogP contribution is 2.30. The van der Waals surface area contributed by atoms with Crippen LogP contribution in [0.25, 0.3) is 11.4 Å². The van der Waals surface area contributed by atoms with Gasteiger partial charge in [0, 0.05) is 23.7 Å². The molecule has 0 radical (unpaired) electrons. The Bertz CT molecular complexity index is 937. The molecular formula is C22H22N4. The lowest BCUT2D eigenvalue weighted by molar-refractivity contribution is 0.769. The number of aliphatic imine (C=N–C) groups is 1. The van der Waals surface area contributed by atoms with Crippen molar-refractivity contribution in [2.24, 2.45) is 4.99 Å². The number of hydrogen-bond acceptors (Lipinski definition) is 4. The van der Waals surface area contributed by atoms with E-state index in [0.29, 0.717) is 0 Å². The minimum absolute atomic E-state index is 0.00674. The van der Waals surface area contributed by atoms with Crippen LogP contribution in [0.15, 0.2) is 77.7 Å². The molecular weight excluding hydrogens is 320 g/mol. The summed E-state index contributed by atoms with van der Waals surface area (Å²) >= 11 is 0. The van der Waals surface area contributed by atoms with Crippen molar-refractivity contribution < 1.29 is 0 Å². The summed E-state index contributed by atoms with van der Waals surface area (Å²) in [6.07, 6.45) is 15.1. The topological polar surface area (TPSA) is 50.2 Å². The zero-order valence-electron chi connectivity index (χ0n) is 15.1. The first-order chi connectivity index (χ1) is 12.7. The summed E-state index contributed by atoms with van der Waals surface area (Å²) < 4.78 is 0. The first-order valence-electron chi connectivity index (χ1n) is 8.97. The standard InChI is InChI=1S/C22H22N4/c1-15-7-3-11-19(25-15)20-12-4-8-17-9-5-13-23-21(17)22-18(16(2)26-20)10-6-14-24-22/h3-7,9-14,16,19,25H,8H2,1-2H3/b12-4-,26-20+. The molecule has 1 N–H and O–H groups in total. The highest BCUT2D eigenvalue weighted by atomic mass is 15.0. The van der Waals surface area contributed by atoms with Gasteiger partial charge in [-0.1, -0.05) is 30.4 Å². The quantitative estimate of drug-likeness (QED) is 0.845. The minimum atomic E-state index is -0.00674. The molecule has 0 saturated heterocycles. The lowest BCUT2D eigenvalue weighted by atomic mass is 9.97. The summed E-state index contributed by atoms with van der Waals surface area (Å²) in [5.74, 6) is 0. The van der Waals surface area contributed by atoms with Crippen molar-refractivity contribution in [3.8, 4) is 11.4 Å². The Morgan fingerprint density at radius 1 is 1.08 bits per heavy atom. The molecule has 0 fully saturated rings. The van der Waals surface area contributed by atoms with Gasteiger partial charge in [-0.05, 0) is 50.1 Å². The number of dihydropyridines is 1. The Morgan fingerprint density at radius 2 is 1.88 bits per heavy atom. The van der Waals surface area contributed by atoms with E-state index >= 15 is 0 Å². The van der Waals surface area contributed by atoms with Gasteiger partial charge in [0.1, 0.15) is 0 Å². The molecule has 130 valence electrons. The van der Waals surface area contributed by atoms with E-state index in [1.54, 1.807) is 0 Å². The van der Waals surface area contributed by atoms with Crippen molar-refractivity contribution >= 4 is 5.71 Å². The van der Waals surface area contributed by atoms with Crippen molar-refractivity contribution in [1.82, 2.24) is 15.3 Å². The summed E-state index contributed by atoms with van der Waals surface area (Å²) in [5.41, 5.74) is 6.34. The van der Waals surface area contributed by atoms with E-state index in [1.807, 2.05) is 24.5 Å². The van der Waals surface area contributed by atoms with Crippen LogP contribution in [0.5, 0.6) is 0 Å². The largest absolute Gasteiger partial charge is 0.377 e. The number of nitrogens with one attached hydrogen (secondary N) is 1. The molecule has 2 aromatic heterocycles. The normalized spacial score (nSPS) is 25.0. The molecule has 0 aliphatic carbocycles. The Morgan fingerprint density at radius 3 is 2.73 bits per heavy atom. The van der Waals surface area contributed by atoms with Crippen LogP contribution in [0.3, 0.4) is 0 Å². The fourth-order valence-electron chi connectivity index (χ4n) is 3.42. The van der Waals surface area contributed by atoms with Crippen LogP contribution < -0.4 is 5.32 Å². The number of nitrogens with zero attached hydrogens (tertiary/aromatic N) is 3. The minimum Gasteiger partial charge on any atom is -0.377 e. The number of allylic oxidation sites excluding steroid dienone is 4. The third-order valence-corrected chi connectivity index (χ3v) is 4.73. The molecule has 2 aromatic rings. The van der Waals surface area contributed by atoms with Gasteiger partial charge in [-0.2, -0.15) is 0 Å². The maximum Gasteiger partial charge on any atom is 0.0942 e. The zero-order valence-corrected chi connectivity index (χ0v) is 15.1. The van der Waals surface area contributed by atoms with Crippen LogP contribution in [0.2, 0.25) is 0 Å². The highest BCUT2D eigenvalue weighted by Gasteiger charge is 2.20. The van der Waals surface area contributed by atoms with E-state index in [0.717, 1.165) is 34.8 Å². The molecule has 0 amide bonds. The Balaban J connectivity index is 1.82. The van der Waals surface area contributed by atoms with E-state index in [4.69, 9.17) is 4.99 Å². The summed E-state index contributed by atoms with van der Waals surface area (Å²) in [6.45, 7) is 4.19. The average Bonchev–Trinajstić information content (AvgIpc) is 2.67. The smallest absolute Gasteiger partial charge is 0.0942 e. The van der Waals surface area contributed by atoms with Crippen LogP contribution in [-0.2, 0) is 6.42 Å². The van der Waals surface area contributed by atoms with Crippen LogP contribution in [0.1, 0.15) is 31.0 Å². The molecule has 0 spiro atoms. The first-order valence-corrected chi connectivity index (χ1v) is 8.97. The number of aromatic nitrogens is 2. The van der Waals surface area contributed by atoms with Gasteiger partial charge < -0.3 is 5.32 Å². The molecule has 2 aliphatic rings. The average molecular weight is 342 g/mol. The molecule has 0 aromatic carbocycles. The number of hydrogen-bond donors (Lipinski definition) is 1. The predicted octanol–water partition coefficient (Wildman–Crippen LogP) is 4.19. The zero-order chi connectivity index (χ0) is 17.9. The molecule has 2 aliphatic heterocycles. The highest BCUT2D eigenvalue weighted by molar-refractivity contribution is 6.01. The fourth-order valence-corrected chi connectivity index (χ4v) is 3.42. The van der Waals surface area contributed by atoms with Gasteiger partial charge in [0.2, 0.25) is 0 Å². The van der Waals surface area contributed by atoms with Gasteiger partial charge in [-0.3, -0.25) is 15.0 Å². The van der Waals surface area contributed by atoms with E-state index in [1.165, 1.54) is 5.56 Å². The van der Waals surface area contributed by atoms with E-state index < -0.39 is 0 Å². The van der Waals surface area contributed by atoms with Crippen molar-refractivity contribution in [1.29, 1.82) is 0 Å². The second-order valence-electron chi connectivity index (χ2n) is 6.65. The van der Waals surface area contributed by atoms with E-state index in [2.05, 4.69) is 71.6 Å². The second kappa shape index (κ2) is 7.08. The van der Waals surface area contributed by atoms with Gasteiger partial charge >= 0.3 is 0 Å². The molecule has 4 heterocycles. The van der Waals surface area contributed by atoms with Crippen LogP contribution >= 0.6 is 0 Å². The lowest BCUT2D eigenvalue weighted by Crippen LogP contribution is -2.34. The third-order valence-electron chi connectivity index (χ3n) is 4.73. The monoisotopic (exact) mass is 342 g/mol. The maximum absolute atomic E-state index is 5.03. The van der Waals surface area contributed by atoms with Crippen LogP contribution in [-0.4, -0.2) is 21.7 Å². The Labute approximate surface area is 154 Å². The molecule has 2 unspecified atom stereocenters. The number of rotatable bonds is 1. The third kappa shape index (κ3) is 3.23. The Hall–Kier alpha value is -3.01. The maximum atomic E-state index is 5.03. The molecule has 0 saturated carbocycles. The molecule has 2 atom stereocenters. The summed E-state index contributed by atoms with van der Waals surface area (Å²) in [5, 5.41) is 3.50. The predicted molar refractivity (Wildman–Crippen MR) is 106 cm³/mol. The van der Waals surface area contributed by atoms with Gasteiger partial charge in [-0.15, -0.1) is 0 Å². The molecule has 4 nitrogen and oxygen atoms in total. The molecule has 4 heteroatoms. The van der Waals surface area contributed by atoms with Gasteiger partial charge in [0.15, 0.2) is 0 Å².